The Labute approximate surface area is 108 Å². The van der Waals surface area contributed by atoms with Crippen LogP contribution in [0.25, 0.3) is 0 Å². The molecule has 2 heterocycles. The van der Waals surface area contributed by atoms with Gasteiger partial charge in [-0.1, -0.05) is 0 Å². The van der Waals surface area contributed by atoms with Crippen LogP contribution in [0, 0.1) is 11.8 Å². The number of carboxylic acid groups (broad SMARTS) is 1. The van der Waals surface area contributed by atoms with Gasteiger partial charge in [0.25, 0.3) is 0 Å². The maximum Gasteiger partial charge on any atom is 0.303 e. The van der Waals surface area contributed by atoms with Crippen molar-refractivity contribution in [3.05, 3.63) is 0 Å². The first-order chi connectivity index (χ1) is 8.66. The molecule has 2 fully saturated rings. The van der Waals surface area contributed by atoms with Gasteiger partial charge in [-0.3, -0.25) is 9.59 Å². The highest BCUT2D eigenvalue weighted by Crippen LogP contribution is 2.23. The zero-order chi connectivity index (χ0) is 13.0. The van der Waals surface area contributed by atoms with Crippen molar-refractivity contribution in [2.75, 3.05) is 26.2 Å². The van der Waals surface area contributed by atoms with E-state index in [9.17, 15) is 9.59 Å². The second kappa shape index (κ2) is 6.18. The Bertz CT molecular complexity index is 305. The lowest BCUT2D eigenvalue weighted by atomic mass is 9.91. The number of aliphatic carboxylic acids is 1. The molecule has 2 aliphatic rings. The Hall–Kier alpha value is -1.10. The lowest BCUT2D eigenvalue weighted by Gasteiger charge is -2.35. The Morgan fingerprint density at radius 1 is 1.22 bits per heavy atom. The number of nitrogens with zero attached hydrogens (tertiary/aromatic N) is 1. The smallest absolute Gasteiger partial charge is 0.303 e. The normalized spacial score (nSPS) is 26.0. The molecule has 18 heavy (non-hydrogen) atoms. The molecule has 2 aliphatic heterocycles. The van der Waals surface area contributed by atoms with E-state index < -0.39 is 5.97 Å². The van der Waals surface area contributed by atoms with Crippen molar-refractivity contribution in [2.24, 2.45) is 11.8 Å². The summed E-state index contributed by atoms with van der Waals surface area (Å²) in [6.45, 7) is 3.28. The van der Waals surface area contributed by atoms with Crippen LogP contribution in [0.4, 0.5) is 0 Å². The third-order valence-corrected chi connectivity index (χ3v) is 4.04. The van der Waals surface area contributed by atoms with Crippen LogP contribution in [0.3, 0.4) is 0 Å². The van der Waals surface area contributed by atoms with E-state index in [4.69, 9.17) is 5.11 Å². The molecule has 2 rings (SSSR count). The SMILES string of the molecule is O=C(O)CC1CCN(C(=O)[C@@H]2CCCNC2)CC1. The number of hydrogen-bond donors (Lipinski definition) is 2. The van der Waals surface area contributed by atoms with Crippen LogP contribution in [-0.2, 0) is 9.59 Å². The van der Waals surface area contributed by atoms with Crippen molar-refractivity contribution in [2.45, 2.75) is 32.1 Å². The van der Waals surface area contributed by atoms with Crippen LogP contribution in [-0.4, -0.2) is 48.1 Å². The number of likely N-dealkylation sites (tertiary alicyclic amines) is 1. The molecule has 0 radical (unpaired) electrons. The second-order valence-corrected chi connectivity index (χ2v) is 5.41. The van der Waals surface area contributed by atoms with Gasteiger partial charge in [0.1, 0.15) is 0 Å². The molecule has 0 saturated carbocycles. The van der Waals surface area contributed by atoms with E-state index in [2.05, 4.69) is 5.32 Å². The van der Waals surface area contributed by atoms with Crippen molar-refractivity contribution >= 4 is 11.9 Å². The first kappa shape index (κ1) is 13.3. The minimum atomic E-state index is -0.726. The molecule has 0 aromatic carbocycles. The Morgan fingerprint density at radius 3 is 2.50 bits per heavy atom. The predicted molar refractivity (Wildman–Crippen MR) is 67.2 cm³/mol. The van der Waals surface area contributed by atoms with Crippen molar-refractivity contribution in [3.63, 3.8) is 0 Å². The predicted octanol–water partition coefficient (Wildman–Crippen LogP) is 0.699. The summed E-state index contributed by atoms with van der Waals surface area (Å²) in [6, 6.07) is 0. The van der Waals surface area contributed by atoms with Crippen LogP contribution >= 0.6 is 0 Å². The number of rotatable bonds is 3. The van der Waals surface area contributed by atoms with Gasteiger partial charge in [-0.15, -0.1) is 0 Å². The van der Waals surface area contributed by atoms with Crippen molar-refractivity contribution < 1.29 is 14.7 Å². The summed E-state index contributed by atoms with van der Waals surface area (Å²) in [4.78, 5) is 24.8. The fourth-order valence-electron chi connectivity index (χ4n) is 2.93. The fourth-order valence-corrected chi connectivity index (χ4v) is 2.93. The molecule has 0 spiro atoms. The summed E-state index contributed by atoms with van der Waals surface area (Å²) >= 11 is 0. The van der Waals surface area contributed by atoms with Gasteiger partial charge >= 0.3 is 5.97 Å². The Balaban J connectivity index is 1.78. The van der Waals surface area contributed by atoms with Gasteiger partial charge < -0.3 is 15.3 Å². The first-order valence-corrected chi connectivity index (χ1v) is 6.88. The summed E-state index contributed by atoms with van der Waals surface area (Å²) in [7, 11) is 0. The van der Waals surface area contributed by atoms with E-state index >= 15 is 0 Å². The quantitative estimate of drug-likeness (QED) is 0.778. The molecule has 102 valence electrons. The summed E-state index contributed by atoms with van der Waals surface area (Å²) in [5.74, 6) is -0.0852. The molecule has 0 bridgehead atoms. The maximum atomic E-state index is 12.3. The third-order valence-electron chi connectivity index (χ3n) is 4.04. The van der Waals surface area contributed by atoms with Crippen molar-refractivity contribution in [1.82, 2.24) is 10.2 Å². The lowest BCUT2D eigenvalue weighted by Crippen LogP contribution is -2.46. The van der Waals surface area contributed by atoms with Gasteiger partial charge in [0.2, 0.25) is 5.91 Å². The lowest BCUT2D eigenvalue weighted by molar-refractivity contribution is -0.139. The average Bonchev–Trinajstić information content (AvgIpc) is 2.39. The Morgan fingerprint density at radius 2 is 1.94 bits per heavy atom. The molecule has 0 aromatic rings. The number of piperidine rings is 2. The minimum Gasteiger partial charge on any atom is -0.481 e. The molecule has 5 nitrogen and oxygen atoms in total. The second-order valence-electron chi connectivity index (χ2n) is 5.41. The highest BCUT2D eigenvalue weighted by Gasteiger charge is 2.29. The van der Waals surface area contributed by atoms with Gasteiger partial charge in [-0.05, 0) is 38.1 Å². The van der Waals surface area contributed by atoms with Gasteiger partial charge in [0.15, 0.2) is 0 Å². The van der Waals surface area contributed by atoms with E-state index in [1.807, 2.05) is 4.90 Å². The highest BCUT2D eigenvalue weighted by molar-refractivity contribution is 5.79. The summed E-state index contributed by atoms with van der Waals surface area (Å²) in [6.07, 6.45) is 3.97. The van der Waals surface area contributed by atoms with E-state index in [1.54, 1.807) is 0 Å². The molecule has 0 aliphatic carbocycles. The zero-order valence-corrected chi connectivity index (χ0v) is 10.7. The number of amides is 1. The highest BCUT2D eigenvalue weighted by atomic mass is 16.4. The fraction of sp³-hybridized carbons (Fsp3) is 0.846. The summed E-state index contributed by atoms with van der Waals surface area (Å²) < 4.78 is 0. The number of carbonyl (C=O) groups is 2. The molecular weight excluding hydrogens is 232 g/mol. The first-order valence-electron chi connectivity index (χ1n) is 6.88. The number of hydrogen-bond acceptors (Lipinski definition) is 3. The van der Waals surface area contributed by atoms with Crippen LogP contribution in [0.1, 0.15) is 32.1 Å². The number of carbonyl (C=O) groups excluding carboxylic acids is 1. The van der Waals surface area contributed by atoms with Gasteiger partial charge in [-0.2, -0.15) is 0 Å². The monoisotopic (exact) mass is 254 g/mol. The molecule has 2 N–H and O–H groups in total. The molecule has 1 atom stereocenters. The van der Waals surface area contributed by atoms with Gasteiger partial charge in [-0.25, -0.2) is 0 Å². The summed E-state index contributed by atoms with van der Waals surface area (Å²) in [5.41, 5.74) is 0. The number of nitrogens with one attached hydrogen (secondary N) is 1. The van der Waals surface area contributed by atoms with Crippen molar-refractivity contribution in [1.29, 1.82) is 0 Å². The van der Waals surface area contributed by atoms with E-state index in [1.165, 1.54) is 0 Å². The van der Waals surface area contributed by atoms with Gasteiger partial charge in [0, 0.05) is 26.1 Å². The van der Waals surface area contributed by atoms with E-state index in [0.29, 0.717) is 0 Å². The standard InChI is InChI=1S/C13H22N2O3/c16-12(17)8-10-3-6-15(7-4-10)13(18)11-2-1-5-14-9-11/h10-11,14H,1-9H2,(H,16,17)/t11-/m1/s1. The van der Waals surface area contributed by atoms with E-state index in [-0.39, 0.29) is 24.2 Å². The van der Waals surface area contributed by atoms with Crippen LogP contribution in [0.5, 0.6) is 0 Å². The molecule has 0 aromatic heterocycles. The van der Waals surface area contributed by atoms with E-state index in [0.717, 1.165) is 51.9 Å². The maximum absolute atomic E-state index is 12.3. The summed E-state index contributed by atoms with van der Waals surface area (Å²) in [5, 5.41) is 12.0. The van der Waals surface area contributed by atoms with Crippen LogP contribution < -0.4 is 5.32 Å². The average molecular weight is 254 g/mol. The Kier molecular flexibility index (Phi) is 4.58. The zero-order valence-electron chi connectivity index (χ0n) is 10.7. The van der Waals surface area contributed by atoms with Crippen molar-refractivity contribution in [3.8, 4) is 0 Å². The number of carboxylic acids is 1. The third kappa shape index (κ3) is 3.45. The topological polar surface area (TPSA) is 69.6 Å². The van der Waals surface area contributed by atoms with Crippen LogP contribution in [0.2, 0.25) is 0 Å². The largest absolute Gasteiger partial charge is 0.481 e. The molecule has 0 unspecified atom stereocenters. The van der Waals surface area contributed by atoms with Gasteiger partial charge in [0.05, 0.1) is 5.92 Å². The molecule has 5 heteroatoms. The molecule has 2 saturated heterocycles. The molecular formula is C13H22N2O3. The van der Waals surface area contributed by atoms with Crippen LogP contribution in [0.15, 0.2) is 0 Å². The molecule has 1 amide bonds. The minimum absolute atomic E-state index is 0.134.